The zero-order chi connectivity index (χ0) is 13.2. The summed E-state index contributed by atoms with van der Waals surface area (Å²) in [5.74, 6) is 3.03. The Bertz CT molecular complexity index is 439. The minimum atomic E-state index is 0.0773. The van der Waals surface area contributed by atoms with Crippen LogP contribution in [0.4, 0.5) is 5.82 Å². The van der Waals surface area contributed by atoms with Crippen molar-refractivity contribution < 1.29 is 4.74 Å². The predicted octanol–water partition coefficient (Wildman–Crippen LogP) is 3.27. The van der Waals surface area contributed by atoms with Crippen molar-refractivity contribution in [1.29, 1.82) is 0 Å². The molecule has 0 saturated heterocycles. The highest BCUT2D eigenvalue weighted by atomic mass is 16.5. The van der Waals surface area contributed by atoms with Gasteiger partial charge in [0.05, 0.1) is 0 Å². The summed E-state index contributed by atoms with van der Waals surface area (Å²) in [6.07, 6.45) is 7.74. The maximum absolute atomic E-state index is 5.62. The molecule has 2 aliphatic rings. The zero-order valence-electron chi connectivity index (χ0n) is 11.9. The Labute approximate surface area is 115 Å². The Hall–Kier alpha value is -1.16. The Balaban J connectivity index is 1.91. The lowest BCUT2D eigenvalue weighted by atomic mass is 10.0. The van der Waals surface area contributed by atoms with Gasteiger partial charge in [-0.15, -0.1) is 0 Å². The Kier molecular flexibility index (Phi) is 3.69. The van der Waals surface area contributed by atoms with Crippen LogP contribution in [0.25, 0.3) is 0 Å². The van der Waals surface area contributed by atoms with E-state index in [9.17, 15) is 0 Å². The van der Waals surface area contributed by atoms with Crippen molar-refractivity contribution in [3.8, 4) is 0 Å². The van der Waals surface area contributed by atoms with E-state index in [0.717, 1.165) is 11.6 Å². The lowest BCUT2D eigenvalue weighted by molar-refractivity contribution is 0.0770. The molecule has 2 aliphatic carbocycles. The first kappa shape index (κ1) is 12.9. The van der Waals surface area contributed by atoms with Gasteiger partial charge in [0.25, 0.3) is 0 Å². The van der Waals surface area contributed by atoms with E-state index < -0.39 is 0 Å². The maximum atomic E-state index is 5.62. The van der Waals surface area contributed by atoms with Crippen molar-refractivity contribution in [2.45, 2.75) is 50.5 Å². The summed E-state index contributed by atoms with van der Waals surface area (Å²) in [6, 6.07) is 2.11. The van der Waals surface area contributed by atoms with Crippen molar-refractivity contribution in [3.05, 3.63) is 17.6 Å². The van der Waals surface area contributed by atoms with Crippen LogP contribution in [0.2, 0.25) is 0 Å². The van der Waals surface area contributed by atoms with Crippen LogP contribution < -0.4 is 5.32 Å². The molecule has 0 spiro atoms. The highest BCUT2D eigenvalue weighted by Gasteiger charge is 2.35. The molecular weight excluding hydrogens is 238 g/mol. The summed E-state index contributed by atoms with van der Waals surface area (Å²) >= 11 is 0. The van der Waals surface area contributed by atoms with Crippen molar-refractivity contribution in [2.24, 2.45) is 5.92 Å². The van der Waals surface area contributed by atoms with Gasteiger partial charge in [-0.3, -0.25) is 0 Å². The number of methoxy groups -OCH3 is 1. The third-order valence-electron chi connectivity index (χ3n) is 4.35. The molecule has 4 heteroatoms. The molecule has 0 bridgehead atoms. The van der Waals surface area contributed by atoms with E-state index in [0.29, 0.717) is 11.8 Å². The van der Waals surface area contributed by atoms with E-state index in [1.165, 1.54) is 44.2 Å². The first-order chi connectivity index (χ1) is 9.31. The molecule has 2 fully saturated rings. The summed E-state index contributed by atoms with van der Waals surface area (Å²) in [4.78, 5) is 9.43. The topological polar surface area (TPSA) is 47.0 Å². The van der Waals surface area contributed by atoms with Gasteiger partial charge in [0.1, 0.15) is 11.9 Å². The fourth-order valence-corrected chi connectivity index (χ4v) is 3.08. The molecule has 1 aromatic rings. The fraction of sp³-hybridized carbons (Fsp3) is 0.733. The molecule has 1 atom stereocenters. The van der Waals surface area contributed by atoms with Crippen LogP contribution in [0.5, 0.6) is 0 Å². The normalized spacial score (nSPS) is 21.6. The van der Waals surface area contributed by atoms with Crippen LogP contribution in [0.15, 0.2) is 6.07 Å². The van der Waals surface area contributed by atoms with Crippen LogP contribution in [0.3, 0.4) is 0 Å². The zero-order valence-corrected chi connectivity index (χ0v) is 11.9. The predicted molar refractivity (Wildman–Crippen MR) is 75.3 cm³/mol. The van der Waals surface area contributed by atoms with E-state index in [2.05, 4.69) is 16.4 Å². The van der Waals surface area contributed by atoms with E-state index >= 15 is 0 Å². The summed E-state index contributed by atoms with van der Waals surface area (Å²) in [5.41, 5.74) is 1.20. The first-order valence-corrected chi connectivity index (χ1v) is 7.41. The lowest BCUT2D eigenvalue weighted by Crippen LogP contribution is -2.13. The van der Waals surface area contributed by atoms with Gasteiger partial charge in [0.15, 0.2) is 5.82 Å². The number of nitrogens with zero attached hydrogens (tertiary/aromatic N) is 2. The fourth-order valence-electron chi connectivity index (χ4n) is 3.08. The Morgan fingerprint density at radius 1 is 1.21 bits per heavy atom. The summed E-state index contributed by atoms with van der Waals surface area (Å²) in [5, 5.41) is 3.16. The lowest BCUT2D eigenvalue weighted by Gasteiger charge is -2.17. The number of ether oxygens (including phenoxy) is 1. The maximum Gasteiger partial charge on any atom is 0.160 e. The monoisotopic (exact) mass is 261 g/mol. The van der Waals surface area contributed by atoms with Gasteiger partial charge in [-0.1, -0.05) is 12.8 Å². The van der Waals surface area contributed by atoms with Gasteiger partial charge in [0, 0.05) is 31.8 Å². The molecule has 0 aromatic carbocycles. The van der Waals surface area contributed by atoms with Gasteiger partial charge < -0.3 is 10.1 Å². The molecular formula is C15H23N3O. The molecule has 1 N–H and O–H groups in total. The molecule has 1 unspecified atom stereocenters. The Morgan fingerprint density at radius 2 is 1.95 bits per heavy atom. The molecule has 19 heavy (non-hydrogen) atoms. The molecule has 1 aromatic heterocycles. The van der Waals surface area contributed by atoms with Gasteiger partial charge >= 0.3 is 0 Å². The second-order valence-electron chi connectivity index (χ2n) is 5.76. The number of hydrogen-bond donors (Lipinski definition) is 1. The molecule has 0 radical (unpaired) electrons. The summed E-state index contributed by atoms with van der Waals surface area (Å²) < 4.78 is 5.62. The highest BCUT2D eigenvalue weighted by molar-refractivity contribution is 5.37. The van der Waals surface area contributed by atoms with E-state index in [4.69, 9.17) is 9.72 Å². The second-order valence-corrected chi connectivity index (χ2v) is 5.76. The van der Waals surface area contributed by atoms with Crippen LogP contribution in [-0.4, -0.2) is 24.1 Å². The molecule has 0 amide bonds. The number of rotatable bonds is 5. The molecule has 4 nitrogen and oxygen atoms in total. The summed E-state index contributed by atoms with van der Waals surface area (Å²) in [6.45, 7) is 0. The summed E-state index contributed by atoms with van der Waals surface area (Å²) in [7, 11) is 3.69. The molecule has 0 aliphatic heterocycles. The SMILES string of the molecule is CNc1cc(C2CCCC2)nc(C(OC)C2CC2)n1. The quantitative estimate of drug-likeness (QED) is 0.883. The third kappa shape index (κ3) is 2.73. The molecule has 104 valence electrons. The van der Waals surface area contributed by atoms with Gasteiger partial charge in [-0.25, -0.2) is 9.97 Å². The first-order valence-electron chi connectivity index (χ1n) is 7.41. The molecule has 2 saturated carbocycles. The second kappa shape index (κ2) is 5.45. The van der Waals surface area contributed by atoms with E-state index in [1.54, 1.807) is 7.11 Å². The van der Waals surface area contributed by atoms with Crippen LogP contribution in [-0.2, 0) is 4.74 Å². The van der Waals surface area contributed by atoms with Gasteiger partial charge in [-0.2, -0.15) is 0 Å². The largest absolute Gasteiger partial charge is 0.373 e. The van der Waals surface area contributed by atoms with Crippen LogP contribution in [0.1, 0.15) is 62.1 Å². The smallest absolute Gasteiger partial charge is 0.160 e. The van der Waals surface area contributed by atoms with Gasteiger partial charge in [-0.05, 0) is 31.6 Å². The minimum absolute atomic E-state index is 0.0773. The van der Waals surface area contributed by atoms with E-state index in [-0.39, 0.29) is 6.10 Å². The number of anilines is 1. The standard InChI is InChI=1S/C15H23N3O/c1-16-13-9-12(10-5-3-4-6-10)17-15(18-13)14(19-2)11-7-8-11/h9-11,14H,3-8H2,1-2H3,(H,16,17,18). The number of nitrogens with one attached hydrogen (secondary N) is 1. The van der Waals surface area contributed by atoms with Crippen LogP contribution in [0, 0.1) is 5.92 Å². The molecule has 1 heterocycles. The average Bonchev–Trinajstić information content (AvgIpc) is 3.12. The average molecular weight is 261 g/mol. The van der Waals surface area contributed by atoms with Gasteiger partial charge in [0.2, 0.25) is 0 Å². The molecule has 3 rings (SSSR count). The van der Waals surface area contributed by atoms with Crippen molar-refractivity contribution in [2.75, 3.05) is 19.5 Å². The van der Waals surface area contributed by atoms with Crippen molar-refractivity contribution in [3.63, 3.8) is 0 Å². The number of aromatic nitrogens is 2. The minimum Gasteiger partial charge on any atom is -0.373 e. The van der Waals surface area contributed by atoms with Crippen molar-refractivity contribution in [1.82, 2.24) is 9.97 Å². The van der Waals surface area contributed by atoms with E-state index in [1.807, 2.05) is 7.05 Å². The highest BCUT2D eigenvalue weighted by Crippen LogP contribution is 2.42. The Morgan fingerprint density at radius 3 is 2.53 bits per heavy atom. The number of hydrogen-bond acceptors (Lipinski definition) is 4. The van der Waals surface area contributed by atoms with Crippen molar-refractivity contribution >= 4 is 5.82 Å². The van der Waals surface area contributed by atoms with Crippen LogP contribution >= 0.6 is 0 Å². The third-order valence-corrected chi connectivity index (χ3v) is 4.35.